The van der Waals surface area contributed by atoms with Crippen molar-refractivity contribution in [2.24, 2.45) is 5.73 Å². The molecule has 0 saturated carbocycles. The van der Waals surface area contributed by atoms with Crippen LogP contribution in [0.5, 0.6) is 0 Å². The summed E-state index contributed by atoms with van der Waals surface area (Å²) >= 11 is 1.22. The summed E-state index contributed by atoms with van der Waals surface area (Å²) in [7, 11) is -1.94. The van der Waals surface area contributed by atoms with Gasteiger partial charge in [-0.15, -0.1) is 11.3 Å². The molecule has 0 atom stereocenters. The summed E-state index contributed by atoms with van der Waals surface area (Å²) < 4.78 is 26.8. The molecule has 2 N–H and O–H groups in total. The number of thiophene rings is 1. The van der Waals surface area contributed by atoms with Crippen LogP contribution in [0.25, 0.3) is 0 Å². The van der Waals surface area contributed by atoms with Gasteiger partial charge in [0.05, 0.1) is 5.69 Å². The van der Waals surface area contributed by atoms with Gasteiger partial charge in [-0.05, 0) is 37.6 Å². The lowest BCUT2D eigenvalue weighted by molar-refractivity contribution is 0.596. The van der Waals surface area contributed by atoms with Crippen LogP contribution in [0.3, 0.4) is 0 Å². The highest BCUT2D eigenvalue weighted by atomic mass is 32.2. The highest BCUT2D eigenvalue weighted by Gasteiger charge is 2.24. The Balaban J connectivity index is 2.43. The molecule has 1 heterocycles. The van der Waals surface area contributed by atoms with Gasteiger partial charge < -0.3 is 5.73 Å². The summed E-state index contributed by atoms with van der Waals surface area (Å²) in [4.78, 5) is 0.859. The minimum atomic E-state index is -3.52. The van der Waals surface area contributed by atoms with Gasteiger partial charge in [0.2, 0.25) is 0 Å². The zero-order valence-corrected chi connectivity index (χ0v) is 13.4. The van der Waals surface area contributed by atoms with Gasteiger partial charge in [0.1, 0.15) is 4.21 Å². The Morgan fingerprint density at radius 3 is 2.45 bits per heavy atom. The van der Waals surface area contributed by atoms with Crippen LogP contribution in [0.2, 0.25) is 0 Å². The maximum atomic E-state index is 12.6. The first-order valence-corrected chi connectivity index (χ1v) is 8.47. The Hall–Kier alpha value is -1.37. The van der Waals surface area contributed by atoms with Crippen LogP contribution in [0, 0.1) is 13.8 Å². The second-order valence-electron chi connectivity index (χ2n) is 4.69. The normalized spacial score (nSPS) is 11.6. The van der Waals surface area contributed by atoms with Crippen molar-refractivity contribution in [2.75, 3.05) is 11.4 Å². The van der Waals surface area contributed by atoms with E-state index in [9.17, 15) is 8.42 Å². The number of nitrogens with zero attached hydrogens (tertiary/aromatic N) is 1. The molecule has 0 radical (unpaired) electrons. The van der Waals surface area contributed by atoms with Crippen LogP contribution in [-0.4, -0.2) is 15.5 Å². The van der Waals surface area contributed by atoms with Crippen LogP contribution < -0.4 is 10.0 Å². The molecule has 2 rings (SSSR count). The Bertz CT molecular complexity index is 721. The summed E-state index contributed by atoms with van der Waals surface area (Å²) in [5.74, 6) is 0. The third-order valence-corrected chi connectivity index (χ3v) is 6.49. The molecule has 1 aromatic heterocycles. The van der Waals surface area contributed by atoms with Gasteiger partial charge in [0.25, 0.3) is 10.0 Å². The second kappa shape index (κ2) is 5.55. The first-order valence-electron chi connectivity index (χ1n) is 6.21. The molecule has 6 heteroatoms. The third-order valence-electron chi connectivity index (χ3n) is 3.14. The number of aryl methyl sites for hydroxylation is 2. The fourth-order valence-electron chi connectivity index (χ4n) is 2.03. The van der Waals surface area contributed by atoms with Crippen LogP contribution in [0.4, 0.5) is 5.69 Å². The standard InChI is InChI=1S/C14H18N2O2S2/c1-10-4-6-13(11(2)8-10)16(3)20(17,18)14-7-5-12(9-15)19-14/h4-8H,9,15H2,1-3H3. The van der Waals surface area contributed by atoms with Crippen molar-refractivity contribution in [3.05, 3.63) is 46.3 Å². The molecule has 108 valence electrons. The molecule has 1 aromatic carbocycles. The molecular formula is C14H18N2O2S2. The maximum Gasteiger partial charge on any atom is 0.273 e. The number of hydrogen-bond donors (Lipinski definition) is 1. The topological polar surface area (TPSA) is 63.4 Å². The quantitative estimate of drug-likeness (QED) is 0.944. The van der Waals surface area contributed by atoms with E-state index in [1.54, 1.807) is 19.2 Å². The first-order chi connectivity index (χ1) is 9.36. The van der Waals surface area contributed by atoms with Crippen LogP contribution in [-0.2, 0) is 16.6 Å². The molecule has 0 spiro atoms. The Morgan fingerprint density at radius 2 is 1.90 bits per heavy atom. The molecule has 4 nitrogen and oxygen atoms in total. The summed E-state index contributed by atoms with van der Waals surface area (Å²) in [6.07, 6.45) is 0. The van der Waals surface area contributed by atoms with Crippen molar-refractivity contribution < 1.29 is 8.42 Å². The number of anilines is 1. The molecule has 0 unspecified atom stereocenters. The van der Waals surface area contributed by atoms with Crippen molar-refractivity contribution in [3.8, 4) is 0 Å². The van der Waals surface area contributed by atoms with Crippen molar-refractivity contribution in [3.63, 3.8) is 0 Å². The lowest BCUT2D eigenvalue weighted by Crippen LogP contribution is -2.26. The smallest absolute Gasteiger partial charge is 0.273 e. The monoisotopic (exact) mass is 310 g/mol. The number of sulfonamides is 1. The van der Waals surface area contributed by atoms with E-state index in [1.165, 1.54) is 15.6 Å². The molecule has 20 heavy (non-hydrogen) atoms. The lowest BCUT2D eigenvalue weighted by Gasteiger charge is -2.20. The predicted octanol–water partition coefficient (Wildman–Crippen LogP) is 2.65. The second-order valence-corrected chi connectivity index (χ2v) is 8.05. The van der Waals surface area contributed by atoms with E-state index in [2.05, 4.69) is 0 Å². The number of rotatable bonds is 4. The highest BCUT2D eigenvalue weighted by Crippen LogP contribution is 2.29. The van der Waals surface area contributed by atoms with E-state index in [1.807, 2.05) is 32.0 Å². The number of hydrogen-bond acceptors (Lipinski definition) is 4. The van der Waals surface area contributed by atoms with Crippen LogP contribution >= 0.6 is 11.3 Å². The molecule has 0 aliphatic rings. The van der Waals surface area contributed by atoms with E-state index >= 15 is 0 Å². The predicted molar refractivity (Wildman–Crippen MR) is 83.7 cm³/mol. The van der Waals surface area contributed by atoms with E-state index < -0.39 is 10.0 Å². The van der Waals surface area contributed by atoms with E-state index in [4.69, 9.17) is 5.73 Å². The molecule has 0 saturated heterocycles. The summed E-state index contributed by atoms with van der Waals surface area (Å²) in [5.41, 5.74) is 8.28. The molecule has 0 amide bonds. The summed E-state index contributed by atoms with van der Waals surface area (Å²) in [6.45, 7) is 4.25. The van der Waals surface area contributed by atoms with E-state index in [0.717, 1.165) is 16.0 Å². The average molecular weight is 310 g/mol. The SMILES string of the molecule is Cc1ccc(N(C)S(=O)(=O)c2ccc(CN)s2)c(C)c1. The molecule has 0 fully saturated rings. The Labute approximate surface area is 123 Å². The highest BCUT2D eigenvalue weighted by molar-refractivity contribution is 7.94. The minimum Gasteiger partial charge on any atom is -0.326 e. The molecule has 0 aliphatic heterocycles. The van der Waals surface area contributed by atoms with Gasteiger partial charge in [0.15, 0.2) is 0 Å². The van der Waals surface area contributed by atoms with Crippen LogP contribution in [0.1, 0.15) is 16.0 Å². The molecule has 2 aromatic rings. The van der Waals surface area contributed by atoms with Gasteiger partial charge in [-0.25, -0.2) is 8.42 Å². The van der Waals surface area contributed by atoms with E-state index in [0.29, 0.717) is 16.4 Å². The zero-order valence-electron chi connectivity index (χ0n) is 11.8. The van der Waals surface area contributed by atoms with Gasteiger partial charge in [-0.1, -0.05) is 17.7 Å². The van der Waals surface area contributed by atoms with Gasteiger partial charge in [-0.3, -0.25) is 4.31 Å². The maximum absolute atomic E-state index is 12.6. The number of benzene rings is 1. The third kappa shape index (κ3) is 2.72. The van der Waals surface area contributed by atoms with Gasteiger partial charge in [-0.2, -0.15) is 0 Å². The number of nitrogens with two attached hydrogens (primary N) is 1. The van der Waals surface area contributed by atoms with Crippen molar-refractivity contribution in [1.82, 2.24) is 0 Å². The van der Waals surface area contributed by atoms with Crippen molar-refractivity contribution in [1.29, 1.82) is 0 Å². The first kappa shape index (κ1) is 15.0. The fourth-order valence-corrected chi connectivity index (χ4v) is 4.70. The average Bonchev–Trinajstić information content (AvgIpc) is 2.87. The van der Waals surface area contributed by atoms with Crippen molar-refractivity contribution in [2.45, 2.75) is 24.6 Å². The minimum absolute atomic E-state index is 0.320. The largest absolute Gasteiger partial charge is 0.326 e. The van der Waals surface area contributed by atoms with E-state index in [-0.39, 0.29) is 0 Å². The van der Waals surface area contributed by atoms with Crippen molar-refractivity contribution >= 4 is 27.0 Å². The summed E-state index contributed by atoms with van der Waals surface area (Å²) in [6, 6.07) is 9.09. The molecule has 0 bridgehead atoms. The Kier molecular flexibility index (Phi) is 4.17. The summed E-state index contributed by atoms with van der Waals surface area (Å²) in [5, 5.41) is 0. The zero-order chi connectivity index (χ0) is 14.9. The van der Waals surface area contributed by atoms with Gasteiger partial charge in [0, 0.05) is 18.5 Å². The Morgan fingerprint density at radius 1 is 1.20 bits per heavy atom. The van der Waals surface area contributed by atoms with Gasteiger partial charge >= 0.3 is 0 Å². The molecular weight excluding hydrogens is 292 g/mol. The fraction of sp³-hybridized carbons (Fsp3) is 0.286. The van der Waals surface area contributed by atoms with Crippen LogP contribution in [0.15, 0.2) is 34.5 Å². The lowest BCUT2D eigenvalue weighted by atomic mass is 10.1. The molecule has 0 aliphatic carbocycles.